The number of amides is 2. The molecule has 0 aromatic heterocycles. The number of hydrogen-bond donors (Lipinski definition) is 2. The normalized spacial score (nSPS) is 20.9. The van der Waals surface area contributed by atoms with Gasteiger partial charge >= 0.3 is 5.97 Å². The molecule has 2 aliphatic rings. The predicted octanol–water partition coefficient (Wildman–Crippen LogP) is 2.47. The van der Waals surface area contributed by atoms with Crippen LogP contribution in [-0.4, -0.2) is 63.5 Å². The smallest absolute Gasteiger partial charge is 0.326 e. The summed E-state index contributed by atoms with van der Waals surface area (Å²) in [5.74, 6) is -1.46. The minimum atomic E-state index is -0.976. The Hall–Kier alpha value is -3.09. The lowest BCUT2D eigenvalue weighted by Gasteiger charge is -2.39. The summed E-state index contributed by atoms with van der Waals surface area (Å²) in [6, 6.07) is 9.98. The Bertz CT molecular complexity index is 970. The van der Waals surface area contributed by atoms with Crippen molar-refractivity contribution in [2.45, 2.75) is 32.2 Å². The third-order valence-corrected chi connectivity index (χ3v) is 6.43. The monoisotopic (exact) mass is 396 g/mol. The Balaban J connectivity index is 1.54. The molecule has 2 saturated heterocycles. The summed E-state index contributed by atoms with van der Waals surface area (Å²) in [7, 11) is 0. The van der Waals surface area contributed by atoms with E-state index in [-0.39, 0.29) is 23.0 Å². The van der Waals surface area contributed by atoms with Crippen molar-refractivity contribution in [3.8, 4) is 5.75 Å². The maximum atomic E-state index is 13.2. The summed E-state index contributed by atoms with van der Waals surface area (Å²) in [6.07, 6.45) is 1.69. The quantitative estimate of drug-likeness (QED) is 0.813. The van der Waals surface area contributed by atoms with E-state index in [9.17, 15) is 24.6 Å². The number of likely N-dealkylation sites (tertiary alicyclic amines) is 2. The van der Waals surface area contributed by atoms with Gasteiger partial charge in [-0.3, -0.25) is 9.59 Å². The molecule has 0 aliphatic carbocycles. The summed E-state index contributed by atoms with van der Waals surface area (Å²) >= 11 is 0. The molecule has 7 nitrogen and oxygen atoms in total. The third-order valence-electron chi connectivity index (χ3n) is 6.43. The van der Waals surface area contributed by atoms with E-state index < -0.39 is 12.0 Å². The van der Waals surface area contributed by atoms with Crippen LogP contribution in [0.2, 0.25) is 0 Å². The van der Waals surface area contributed by atoms with Crippen molar-refractivity contribution in [2.75, 3.05) is 19.6 Å². The molecule has 2 amide bonds. The molecule has 2 aliphatic heterocycles. The number of aromatic hydroxyl groups is 1. The molecule has 7 heteroatoms. The highest BCUT2D eigenvalue weighted by Gasteiger charge is 2.49. The Morgan fingerprint density at radius 2 is 1.76 bits per heavy atom. The van der Waals surface area contributed by atoms with E-state index in [1.165, 1.54) is 11.8 Å². The number of phenols is 1. The first-order chi connectivity index (χ1) is 13.8. The second kappa shape index (κ2) is 7.06. The second-order valence-electron chi connectivity index (χ2n) is 8.18. The van der Waals surface area contributed by atoms with Gasteiger partial charge in [0.2, 0.25) is 5.91 Å². The van der Waals surface area contributed by atoms with E-state index in [1.54, 1.807) is 17.0 Å². The van der Waals surface area contributed by atoms with Gasteiger partial charge in [-0.1, -0.05) is 30.3 Å². The molecule has 0 saturated carbocycles. The zero-order chi connectivity index (χ0) is 20.8. The van der Waals surface area contributed by atoms with Crippen LogP contribution in [0.25, 0.3) is 10.8 Å². The van der Waals surface area contributed by atoms with Crippen LogP contribution >= 0.6 is 0 Å². The van der Waals surface area contributed by atoms with Crippen molar-refractivity contribution in [2.24, 2.45) is 5.41 Å². The molecule has 2 N–H and O–H groups in total. The summed E-state index contributed by atoms with van der Waals surface area (Å²) in [6.45, 7) is 2.76. The van der Waals surface area contributed by atoms with Gasteiger partial charge < -0.3 is 20.0 Å². The number of carbonyl (C=O) groups excluding carboxylic acids is 2. The molecule has 1 atom stereocenters. The first-order valence-electron chi connectivity index (χ1n) is 9.81. The zero-order valence-electron chi connectivity index (χ0n) is 16.3. The summed E-state index contributed by atoms with van der Waals surface area (Å²) in [5, 5.41) is 21.4. The van der Waals surface area contributed by atoms with Gasteiger partial charge in [0.1, 0.15) is 11.8 Å². The van der Waals surface area contributed by atoms with E-state index in [0.717, 1.165) is 5.39 Å². The fraction of sp³-hybridized carbons (Fsp3) is 0.409. The molecule has 1 spiro atoms. The largest absolute Gasteiger partial charge is 0.507 e. The minimum Gasteiger partial charge on any atom is -0.507 e. The lowest BCUT2D eigenvalue weighted by atomic mass is 9.76. The maximum Gasteiger partial charge on any atom is 0.326 e. The number of rotatable bonds is 2. The molecule has 1 unspecified atom stereocenters. The van der Waals surface area contributed by atoms with Gasteiger partial charge in [0.15, 0.2) is 0 Å². The lowest BCUT2D eigenvalue weighted by molar-refractivity contribution is -0.147. The predicted molar refractivity (Wildman–Crippen MR) is 107 cm³/mol. The van der Waals surface area contributed by atoms with Crippen molar-refractivity contribution < 1.29 is 24.6 Å². The van der Waals surface area contributed by atoms with Gasteiger partial charge in [-0.2, -0.15) is 0 Å². The highest BCUT2D eigenvalue weighted by molar-refractivity contribution is 6.09. The van der Waals surface area contributed by atoms with Crippen LogP contribution in [0, 0.1) is 5.41 Å². The second-order valence-corrected chi connectivity index (χ2v) is 8.18. The molecule has 4 rings (SSSR count). The Morgan fingerprint density at radius 1 is 1.07 bits per heavy atom. The van der Waals surface area contributed by atoms with Crippen LogP contribution in [0.15, 0.2) is 36.4 Å². The van der Waals surface area contributed by atoms with E-state index in [1.807, 2.05) is 24.3 Å². The average molecular weight is 396 g/mol. The number of carboxylic acids is 1. The fourth-order valence-electron chi connectivity index (χ4n) is 4.80. The molecular weight excluding hydrogens is 372 g/mol. The number of fused-ring (bicyclic) bond motifs is 1. The van der Waals surface area contributed by atoms with Crippen LogP contribution in [-0.2, 0) is 9.59 Å². The number of hydrogen-bond acceptors (Lipinski definition) is 4. The summed E-state index contributed by atoms with van der Waals surface area (Å²) < 4.78 is 0. The van der Waals surface area contributed by atoms with E-state index >= 15 is 0 Å². The van der Waals surface area contributed by atoms with Crippen LogP contribution in [0.5, 0.6) is 5.75 Å². The Labute approximate surface area is 168 Å². The van der Waals surface area contributed by atoms with Crippen LogP contribution in [0.4, 0.5) is 0 Å². The maximum absolute atomic E-state index is 13.2. The molecule has 2 fully saturated rings. The van der Waals surface area contributed by atoms with Crippen molar-refractivity contribution >= 4 is 28.6 Å². The minimum absolute atomic E-state index is 0.0384. The molecule has 152 valence electrons. The van der Waals surface area contributed by atoms with Crippen LogP contribution < -0.4 is 0 Å². The first kappa shape index (κ1) is 19.2. The fourth-order valence-corrected chi connectivity index (χ4v) is 4.80. The van der Waals surface area contributed by atoms with Gasteiger partial charge in [-0.05, 0) is 41.5 Å². The van der Waals surface area contributed by atoms with E-state index in [2.05, 4.69) is 0 Å². The molecule has 0 radical (unpaired) electrons. The van der Waals surface area contributed by atoms with E-state index in [0.29, 0.717) is 49.8 Å². The number of carbonyl (C=O) groups is 3. The number of nitrogens with zero attached hydrogens (tertiary/aromatic N) is 2. The van der Waals surface area contributed by atoms with Crippen molar-refractivity contribution in [3.05, 3.63) is 42.0 Å². The molecule has 29 heavy (non-hydrogen) atoms. The standard InChI is InChI=1S/C22H24N2O5/c1-14(25)24-13-22(12-17(24)21(28)29)8-10-23(11-9-22)20(27)19-16-5-3-2-4-15(16)6-7-18(19)26/h2-7,17,26H,8-13H2,1H3,(H,28,29). The van der Waals surface area contributed by atoms with Crippen molar-refractivity contribution in [3.63, 3.8) is 0 Å². The molecule has 2 heterocycles. The zero-order valence-corrected chi connectivity index (χ0v) is 16.3. The number of phenolic OH excluding ortho intramolecular Hbond substituents is 1. The topological polar surface area (TPSA) is 98.2 Å². The van der Waals surface area contributed by atoms with Gasteiger partial charge in [0, 0.05) is 26.6 Å². The number of aliphatic carboxylic acids is 1. The van der Waals surface area contributed by atoms with Crippen molar-refractivity contribution in [1.29, 1.82) is 0 Å². The molecule has 0 bridgehead atoms. The summed E-state index contributed by atoms with van der Waals surface area (Å²) in [5.41, 5.74) is 0.0333. The average Bonchev–Trinajstić information content (AvgIpc) is 3.08. The number of carboxylic acid groups (broad SMARTS) is 1. The Kier molecular flexibility index (Phi) is 4.68. The lowest BCUT2D eigenvalue weighted by Crippen LogP contribution is -2.44. The summed E-state index contributed by atoms with van der Waals surface area (Å²) in [4.78, 5) is 39.8. The molecular formula is C22H24N2O5. The molecule has 2 aromatic rings. The van der Waals surface area contributed by atoms with Gasteiger partial charge in [0.05, 0.1) is 5.56 Å². The van der Waals surface area contributed by atoms with E-state index in [4.69, 9.17) is 0 Å². The number of benzene rings is 2. The first-order valence-corrected chi connectivity index (χ1v) is 9.81. The van der Waals surface area contributed by atoms with Crippen LogP contribution in [0.3, 0.4) is 0 Å². The Morgan fingerprint density at radius 3 is 2.38 bits per heavy atom. The molecule has 2 aromatic carbocycles. The third kappa shape index (κ3) is 3.30. The van der Waals surface area contributed by atoms with Gasteiger partial charge in [-0.15, -0.1) is 0 Å². The van der Waals surface area contributed by atoms with Crippen molar-refractivity contribution in [1.82, 2.24) is 9.80 Å². The highest BCUT2D eigenvalue weighted by Crippen LogP contribution is 2.44. The highest BCUT2D eigenvalue weighted by atomic mass is 16.4. The van der Waals surface area contributed by atoms with Crippen LogP contribution in [0.1, 0.15) is 36.5 Å². The number of piperidine rings is 1. The SMILES string of the molecule is CC(=O)N1CC2(CCN(C(=O)c3c(O)ccc4ccccc34)CC2)CC1C(=O)O. The van der Waals surface area contributed by atoms with Gasteiger partial charge in [-0.25, -0.2) is 4.79 Å². The van der Waals surface area contributed by atoms with Gasteiger partial charge in [0.25, 0.3) is 5.91 Å².